The van der Waals surface area contributed by atoms with Crippen LogP contribution >= 0.6 is 0 Å². The van der Waals surface area contributed by atoms with E-state index >= 15 is 0 Å². The number of likely N-dealkylation sites (tertiary alicyclic amines) is 2. The Bertz CT molecular complexity index is 2080. The van der Waals surface area contributed by atoms with Crippen LogP contribution in [0.1, 0.15) is 61.8 Å². The van der Waals surface area contributed by atoms with Crippen LogP contribution in [0.4, 0.5) is 0 Å². The first-order chi connectivity index (χ1) is 25.1. The summed E-state index contributed by atoms with van der Waals surface area (Å²) in [6.45, 7) is 12.0. The molecule has 0 radical (unpaired) electrons. The molecule has 2 aliphatic rings. The zero-order chi connectivity index (χ0) is 38.5. The molecule has 2 fully saturated rings. The standard InChI is InChI=1S/C21H25N3O2S.C21H28N2O2S/c1-15(2)27(25,26)23-21-14-24(3)13-20(21)19-10-8-18(9-11-19)17-6-4-16(12-22)5-7-17;1-15(2)26(24,25)22-21-14-23(4)13-20(21)19-11-9-18(10-12-19)17-7-5-16(3)6-8-17/h4-11,15,20-21,23H,13-14H2,1-3H3;5-12,15,20-22H,13-14H2,1-4H3/t2*20-,21+/m11/s1. The lowest BCUT2D eigenvalue weighted by Gasteiger charge is -2.22. The average Bonchev–Trinajstić information content (AvgIpc) is 3.68. The summed E-state index contributed by atoms with van der Waals surface area (Å²) in [5.74, 6) is 0.291. The van der Waals surface area contributed by atoms with Crippen molar-refractivity contribution in [3.63, 3.8) is 0 Å². The fourth-order valence-electron chi connectivity index (χ4n) is 6.94. The normalized spacial score (nSPS) is 21.1. The van der Waals surface area contributed by atoms with Gasteiger partial charge in [0, 0.05) is 50.1 Å². The first-order valence-electron chi connectivity index (χ1n) is 18.2. The summed E-state index contributed by atoms with van der Waals surface area (Å²) in [5.41, 5.74) is 8.72. The van der Waals surface area contributed by atoms with Crippen LogP contribution in [0.3, 0.4) is 0 Å². The fourth-order valence-corrected chi connectivity index (χ4v) is 8.80. The van der Waals surface area contributed by atoms with Crippen LogP contribution in [0, 0.1) is 18.3 Å². The van der Waals surface area contributed by atoms with Crippen molar-refractivity contribution in [3.8, 4) is 28.3 Å². The highest BCUT2D eigenvalue weighted by molar-refractivity contribution is 7.90. The Kier molecular flexibility index (Phi) is 13.0. The second kappa shape index (κ2) is 17.1. The van der Waals surface area contributed by atoms with Crippen LogP contribution in [0.2, 0.25) is 0 Å². The van der Waals surface area contributed by atoms with E-state index in [1.54, 1.807) is 27.7 Å². The van der Waals surface area contributed by atoms with Gasteiger partial charge >= 0.3 is 0 Å². The summed E-state index contributed by atoms with van der Waals surface area (Å²) in [6, 6.07) is 34.7. The Morgan fingerprint density at radius 1 is 0.566 bits per heavy atom. The molecule has 4 aromatic carbocycles. The van der Waals surface area contributed by atoms with Crippen molar-refractivity contribution in [2.45, 2.75) is 69.0 Å². The van der Waals surface area contributed by atoms with E-state index in [2.05, 4.69) is 105 Å². The molecule has 53 heavy (non-hydrogen) atoms. The maximum atomic E-state index is 12.3. The molecule has 11 heteroatoms. The second-order valence-corrected chi connectivity index (χ2v) is 19.6. The first kappa shape index (κ1) is 40.3. The van der Waals surface area contributed by atoms with Gasteiger partial charge < -0.3 is 9.80 Å². The van der Waals surface area contributed by atoms with Gasteiger partial charge in [0.25, 0.3) is 0 Å². The number of nitrogens with zero attached hydrogens (tertiary/aromatic N) is 3. The third-order valence-electron chi connectivity index (χ3n) is 10.3. The molecular formula is C42H53N5O4S2. The molecule has 9 nitrogen and oxygen atoms in total. The minimum Gasteiger partial charge on any atom is -0.304 e. The molecule has 0 saturated carbocycles. The molecule has 2 N–H and O–H groups in total. The van der Waals surface area contributed by atoms with Gasteiger partial charge in [0.2, 0.25) is 20.0 Å². The van der Waals surface area contributed by atoms with E-state index in [9.17, 15) is 16.8 Å². The third kappa shape index (κ3) is 10.2. The Hall–Kier alpha value is -3.89. The molecule has 6 rings (SSSR count). The van der Waals surface area contributed by atoms with E-state index in [0.29, 0.717) is 12.1 Å². The molecule has 2 heterocycles. The highest BCUT2D eigenvalue weighted by Crippen LogP contribution is 2.31. The SMILES string of the molecule is CC(C)S(=O)(=O)N[C@H]1CN(C)C[C@@H]1c1ccc(-c2ccc(C#N)cc2)cc1.Cc1ccc(-c2ccc([C@H]3CN(C)C[C@@H]3NS(=O)(=O)C(C)C)cc2)cc1. The Morgan fingerprint density at radius 3 is 1.21 bits per heavy atom. The summed E-state index contributed by atoms with van der Waals surface area (Å²) in [4.78, 5) is 4.35. The number of aryl methyl sites for hydroxylation is 1. The second-order valence-electron chi connectivity index (χ2n) is 15.1. The van der Waals surface area contributed by atoms with Gasteiger partial charge in [-0.05, 0) is 94.2 Å². The monoisotopic (exact) mass is 755 g/mol. The van der Waals surface area contributed by atoms with E-state index in [1.165, 1.54) is 22.3 Å². The molecule has 0 amide bonds. The lowest BCUT2D eigenvalue weighted by Crippen LogP contribution is -2.42. The number of rotatable bonds is 10. The Balaban J connectivity index is 0.000000204. The van der Waals surface area contributed by atoms with Crippen LogP contribution in [0.15, 0.2) is 97.1 Å². The molecule has 0 bridgehead atoms. The van der Waals surface area contributed by atoms with Gasteiger partial charge in [-0.3, -0.25) is 0 Å². The van der Waals surface area contributed by atoms with Crippen LogP contribution < -0.4 is 9.44 Å². The van der Waals surface area contributed by atoms with Crippen LogP contribution in [0.25, 0.3) is 22.3 Å². The number of benzene rings is 4. The van der Waals surface area contributed by atoms with E-state index in [-0.39, 0.29) is 23.9 Å². The van der Waals surface area contributed by atoms with E-state index in [4.69, 9.17) is 5.26 Å². The molecule has 0 spiro atoms. The van der Waals surface area contributed by atoms with Gasteiger partial charge in [-0.25, -0.2) is 26.3 Å². The summed E-state index contributed by atoms with van der Waals surface area (Å²) in [7, 11) is -2.53. The average molecular weight is 756 g/mol. The first-order valence-corrected chi connectivity index (χ1v) is 21.3. The molecule has 2 aliphatic heterocycles. The predicted octanol–water partition coefficient (Wildman–Crippen LogP) is 6.34. The molecular weight excluding hydrogens is 703 g/mol. The van der Waals surface area contributed by atoms with Crippen LogP contribution in [0.5, 0.6) is 0 Å². The number of likely N-dealkylation sites (N-methyl/N-ethyl adjacent to an activating group) is 2. The van der Waals surface area contributed by atoms with Crippen molar-refractivity contribution < 1.29 is 16.8 Å². The minimum absolute atomic E-state index is 0.0855. The molecule has 282 valence electrons. The van der Waals surface area contributed by atoms with Gasteiger partial charge in [-0.2, -0.15) is 5.26 Å². The zero-order valence-corrected chi connectivity index (χ0v) is 33.5. The fraction of sp³-hybridized carbons (Fsp3) is 0.405. The molecule has 0 aliphatic carbocycles. The van der Waals surface area contributed by atoms with Crippen molar-refractivity contribution >= 4 is 20.0 Å². The quantitative estimate of drug-likeness (QED) is 0.194. The number of nitriles is 1. The van der Waals surface area contributed by atoms with E-state index in [1.807, 2.05) is 38.4 Å². The summed E-state index contributed by atoms with van der Waals surface area (Å²) >= 11 is 0. The Morgan fingerprint density at radius 2 is 0.887 bits per heavy atom. The van der Waals surface area contributed by atoms with Gasteiger partial charge in [-0.15, -0.1) is 0 Å². The van der Waals surface area contributed by atoms with Gasteiger partial charge in [0.1, 0.15) is 0 Å². The maximum absolute atomic E-state index is 12.3. The molecule has 0 aromatic heterocycles. The zero-order valence-electron chi connectivity index (χ0n) is 31.8. The van der Waals surface area contributed by atoms with E-state index in [0.717, 1.165) is 36.3 Å². The van der Waals surface area contributed by atoms with Crippen molar-refractivity contribution in [1.29, 1.82) is 5.26 Å². The Labute approximate surface area is 317 Å². The molecule has 4 atom stereocenters. The number of sulfonamides is 2. The highest BCUT2D eigenvalue weighted by Gasteiger charge is 2.36. The van der Waals surface area contributed by atoms with Crippen molar-refractivity contribution in [2.24, 2.45) is 0 Å². The molecule has 2 saturated heterocycles. The largest absolute Gasteiger partial charge is 0.304 e. The number of hydrogen-bond acceptors (Lipinski definition) is 7. The summed E-state index contributed by atoms with van der Waals surface area (Å²) in [6.07, 6.45) is 0. The van der Waals surface area contributed by atoms with Crippen molar-refractivity contribution in [3.05, 3.63) is 119 Å². The third-order valence-corrected chi connectivity index (χ3v) is 14.0. The van der Waals surface area contributed by atoms with Gasteiger partial charge in [0.15, 0.2) is 0 Å². The number of nitrogens with one attached hydrogen (secondary N) is 2. The molecule has 0 unspecified atom stereocenters. The maximum Gasteiger partial charge on any atom is 0.214 e. The van der Waals surface area contributed by atoms with Crippen LogP contribution in [-0.4, -0.2) is 89.5 Å². The van der Waals surface area contributed by atoms with Crippen molar-refractivity contribution in [2.75, 3.05) is 40.3 Å². The minimum atomic E-state index is -3.31. The predicted molar refractivity (Wildman–Crippen MR) is 216 cm³/mol. The van der Waals surface area contributed by atoms with Crippen LogP contribution in [-0.2, 0) is 20.0 Å². The number of hydrogen-bond donors (Lipinski definition) is 2. The van der Waals surface area contributed by atoms with E-state index < -0.39 is 30.5 Å². The lowest BCUT2D eigenvalue weighted by atomic mass is 9.93. The molecule has 4 aromatic rings. The highest BCUT2D eigenvalue weighted by atomic mass is 32.2. The van der Waals surface area contributed by atoms with Gasteiger partial charge in [-0.1, -0.05) is 90.5 Å². The topological polar surface area (TPSA) is 123 Å². The summed E-state index contributed by atoms with van der Waals surface area (Å²) < 4.78 is 55.0. The van der Waals surface area contributed by atoms with Crippen molar-refractivity contribution in [1.82, 2.24) is 19.2 Å². The lowest BCUT2D eigenvalue weighted by molar-refractivity contribution is 0.404. The smallest absolute Gasteiger partial charge is 0.214 e. The summed E-state index contributed by atoms with van der Waals surface area (Å²) in [5, 5.41) is 8.05. The van der Waals surface area contributed by atoms with Gasteiger partial charge in [0.05, 0.1) is 22.1 Å².